The van der Waals surface area contributed by atoms with Crippen molar-refractivity contribution in [2.45, 2.75) is 6.04 Å². The number of nitrogens with two attached hydrogens (primary N) is 1. The first-order valence-electron chi connectivity index (χ1n) is 5.67. The Balaban J connectivity index is 2.58. The molecule has 0 heterocycles. The lowest BCUT2D eigenvalue weighted by Gasteiger charge is -2.19. The van der Waals surface area contributed by atoms with Gasteiger partial charge in [-0.25, -0.2) is 0 Å². The largest absolute Gasteiger partial charge is 0.495 e. The monoisotopic (exact) mass is 529 g/mol. The Morgan fingerprint density at radius 3 is 2.50 bits per heavy atom. The molecule has 0 fully saturated rings. The Morgan fingerprint density at radius 2 is 1.85 bits per heavy atom. The van der Waals surface area contributed by atoms with Crippen LogP contribution in [0.1, 0.15) is 17.2 Å². The van der Waals surface area contributed by atoms with E-state index in [0.29, 0.717) is 10.8 Å². The minimum absolute atomic E-state index is 0.330. The SMILES string of the molecule is COc1c(Br)cc(Cl)cc1C(N)c1cc(I)ccc1Br. The van der Waals surface area contributed by atoms with Crippen molar-refractivity contribution < 1.29 is 4.74 Å². The van der Waals surface area contributed by atoms with Crippen LogP contribution in [0.5, 0.6) is 5.75 Å². The molecular formula is C14H11Br2ClINO. The maximum absolute atomic E-state index is 6.41. The molecule has 0 aliphatic carbocycles. The molecule has 2 nitrogen and oxygen atoms in total. The van der Waals surface area contributed by atoms with E-state index in [1.54, 1.807) is 13.2 Å². The highest BCUT2D eigenvalue weighted by molar-refractivity contribution is 14.1. The number of ether oxygens (including phenoxy) is 1. The predicted octanol–water partition coefficient (Wildman–Crippen LogP) is 5.53. The summed E-state index contributed by atoms with van der Waals surface area (Å²) in [6.07, 6.45) is 0. The molecule has 0 saturated heterocycles. The van der Waals surface area contributed by atoms with Gasteiger partial charge in [-0.15, -0.1) is 0 Å². The van der Waals surface area contributed by atoms with Gasteiger partial charge in [-0.2, -0.15) is 0 Å². The van der Waals surface area contributed by atoms with E-state index in [1.807, 2.05) is 24.3 Å². The van der Waals surface area contributed by atoms with Crippen molar-refractivity contribution in [3.05, 3.63) is 59.0 Å². The van der Waals surface area contributed by atoms with Crippen LogP contribution in [0.3, 0.4) is 0 Å². The summed E-state index contributed by atoms with van der Waals surface area (Å²) in [5.74, 6) is 0.702. The van der Waals surface area contributed by atoms with E-state index in [-0.39, 0.29) is 6.04 Å². The van der Waals surface area contributed by atoms with Crippen LogP contribution in [0.2, 0.25) is 5.02 Å². The molecule has 106 valence electrons. The van der Waals surface area contributed by atoms with Crippen LogP contribution in [-0.4, -0.2) is 7.11 Å². The molecule has 0 radical (unpaired) electrons. The van der Waals surface area contributed by atoms with Crippen LogP contribution >= 0.6 is 66.1 Å². The molecule has 2 N–H and O–H groups in total. The van der Waals surface area contributed by atoms with E-state index in [0.717, 1.165) is 23.6 Å². The lowest BCUT2D eigenvalue weighted by Crippen LogP contribution is -2.14. The van der Waals surface area contributed by atoms with Crippen molar-refractivity contribution in [2.75, 3.05) is 7.11 Å². The zero-order valence-corrected chi connectivity index (χ0v) is 16.5. The zero-order valence-electron chi connectivity index (χ0n) is 10.5. The second-order valence-electron chi connectivity index (χ2n) is 4.15. The molecule has 0 aromatic heterocycles. The summed E-state index contributed by atoms with van der Waals surface area (Å²) in [5, 5.41) is 0.616. The molecular weight excluding hydrogens is 520 g/mol. The summed E-state index contributed by atoms with van der Waals surface area (Å²) in [6, 6.07) is 9.35. The summed E-state index contributed by atoms with van der Waals surface area (Å²) in [5.41, 5.74) is 8.24. The van der Waals surface area contributed by atoms with Gasteiger partial charge in [-0.1, -0.05) is 27.5 Å². The van der Waals surface area contributed by atoms with E-state index in [2.05, 4.69) is 54.5 Å². The van der Waals surface area contributed by atoms with Gasteiger partial charge >= 0.3 is 0 Å². The first-order chi connectivity index (χ1) is 9.43. The lowest BCUT2D eigenvalue weighted by molar-refractivity contribution is 0.405. The van der Waals surface area contributed by atoms with E-state index in [1.165, 1.54) is 0 Å². The molecule has 6 heteroatoms. The minimum atomic E-state index is -0.330. The molecule has 2 aromatic carbocycles. The second-order valence-corrected chi connectivity index (χ2v) is 7.54. The van der Waals surface area contributed by atoms with Crippen molar-refractivity contribution in [1.82, 2.24) is 0 Å². The molecule has 0 amide bonds. The first kappa shape index (κ1) is 16.5. The van der Waals surface area contributed by atoms with Gasteiger partial charge in [0.2, 0.25) is 0 Å². The number of methoxy groups -OCH3 is 1. The predicted molar refractivity (Wildman–Crippen MR) is 98.6 cm³/mol. The van der Waals surface area contributed by atoms with Crippen molar-refractivity contribution >= 4 is 66.1 Å². The molecule has 0 saturated carbocycles. The van der Waals surface area contributed by atoms with Gasteiger partial charge in [0.05, 0.1) is 17.6 Å². The van der Waals surface area contributed by atoms with Gasteiger partial charge < -0.3 is 10.5 Å². The van der Waals surface area contributed by atoms with E-state index >= 15 is 0 Å². The smallest absolute Gasteiger partial charge is 0.138 e. The molecule has 2 rings (SSSR count). The highest BCUT2D eigenvalue weighted by Crippen LogP contribution is 2.39. The third-order valence-corrected chi connectivity index (χ3v) is 5.07. The molecule has 1 unspecified atom stereocenters. The molecule has 0 aliphatic heterocycles. The number of halogens is 4. The standard InChI is InChI=1S/C14H11Br2ClINO/c1-20-14-10(4-7(17)5-12(14)16)13(19)9-6-8(18)2-3-11(9)15/h2-6,13H,19H2,1H3. The number of hydrogen-bond acceptors (Lipinski definition) is 2. The fourth-order valence-electron chi connectivity index (χ4n) is 1.95. The van der Waals surface area contributed by atoms with Crippen molar-refractivity contribution in [1.29, 1.82) is 0 Å². The van der Waals surface area contributed by atoms with Crippen LogP contribution in [0.25, 0.3) is 0 Å². The highest BCUT2D eigenvalue weighted by atomic mass is 127. The Labute approximate surface area is 153 Å². The van der Waals surface area contributed by atoms with Gasteiger partial charge in [-0.3, -0.25) is 0 Å². The number of rotatable bonds is 3. The van der Waals surface area contributed by atoms with Gasteiger partial charge in [0.1, 0.15) is 5.75 Å². The average Bonchev–Trinajstić information content (AvgIpc) is 2.40. The van der Waals surface area contributed by atoms with Crippen LogP contribution in [0.15, 0.2) is 39.3 Å². The van der Waals surface area contributed by atoms with Crippen LogP contribution < -0.4 is 10.5 Å². The fourth-order valence-corrected chi connectivity index (χ4v) is 3.95. The van der Waals surface area contributed by atoms with Crippen molar-refractivity contribution in [2.24, 2.45) is 5.73 Å². The third-order valence-electron chi connectivity index (χ3n) is 2.87. The molecule has 20 heavy (non-hydrogen) atoms. The Morgan fingerprint density at radius 1 is 1.15 bits per heavy atom. The van der Waals surface area contributed by atoms with Crippen LogP contribution in [-0.2, 0) is 0 Å². The quantitative estimate of drug-likeness (QED) is 0.530. The zero-order chi connectivity index (χ0) is 14.9. The Kier molecular flexibility index (Phi) is 5.76. The van der Waals surface area contributed by atoms with E-state index < -0.39 is 0 Å². The van der Waals surface area contributed by atoms with E-state index in [9.17, 15) is 0 Å². The second kappa shape index (κ2) is 6.96. The summed E-state index contributed by atoms with van der Waals surface area (Å²) in [7, 11) is 1.62. The molecule has 2 aromatic rings. The summed E-state index contributed by atoms with van der Waals surface area (Å²) >= 11 is 15.4. The van der Waals surface area contributed by atoms with Gasteiger partial charge in [-0.05, 0) is 74.4 Å². The van der Waals surface area contributed by atoms with Crippen LogP contribution in [0, 0.1) is 3.57 Å². The summed E-state index contributed by atoms with van der Waals surface area (Å²) in [6.45, 7) is 0. The van der Waals surface area contributed by atoms with Gasteiger partial charge in [0.25, 0.3) is 0 Å². The highest BCUT2D eigenvalue weighted by Gasteiger charge is 2.19. The number of benzene rings is 2. The summed E-state index contributed by atoms with van der Waals surface area (Å²) in [4.78, 5) is 0. The Hall–Kier alpha value is 0.180. The topological polar surface area (TPSA) is 35.2 Å². The molecule has 1 atom stereocenters. The van der Waals surface area contributed by atoms with E-state index in [4.69, 9.17) is 22.1 Å². The van der Waals surface area contributed by atoms with Gasteiger partial charge in [0, 0.05) is 18.6 Å². The van der Waals surface area contributed by atoms with Crippen LogP contribution in [0.4, 0.5) is 0 Å². The van der Waals surface area contributed by atoms with Crippen molar-refractivity contribution in [3.63, 3.8) is 0 Å². The summed E-state index contributed by atoms with van der Waals surface area (Å²) < 4.78 is 8.32. The average molecular weight is 531 g/mol. The minimum Gasteiger partial charge on any atom is -0.495 e. The van der Waals surface area contributed by atoms with Gasteiger partial charge in [0.15, 0.2) is 0 Å². The molecule has 0 spiro atoms. The molecule has 0 bridgehead atoms. The normalized spacial score (nSPS) is 12.3. The van der Waals surface area contributed by atoms with Crippen molar-refractivity contribution in [3.8, 4) is 5.75 Å². The third kappa shape index (κ3) is 3.50. The first-order valence-corrected chi connectivity index (χ1v) is 8.71. The fraction of sp³-hybridized carbons (Fsp3) is 0.143. The maximum Gasteiger partial charge on any atom is 0.138 e. The number of hydrogen-bond donors (Lipinski definition) is 1. The molecule has 0 aliphatic rings. The maximum atomic E-state index is 6.41. The Bertz CT molecular complexity index is 651. The lowest BCUT2D eigenvalue weighted by atomic mass is 9.99.